The number of rotatable bonds is 5. The van der Waals surface area contributed by atoms with Gasteiger partial charge < -0.3 is 15.0 Å². The monoisotopic (exact) mass is 600 g/mol. The van der Waals surface area contributed by atoms with Crippen molar-refractivity contribution in [3.63, 3.8) is 0 Å². The minimum absolute atomic E-state index is 0.0661. The second-order valence-corrected chi connectivity index (χ2v) is 12.6. The Balaban J connectivity index is 1.24. The van der Waals surface area contributed by atoms with Gasteiger partial charge in [0, 0.05) is 35.6 Å². The zero-order valence-corrected chi connectivity index (χ0v) is 23.0. The lowest BCUT2D eigenvalue weighted by atomic mass is 9.98. The molecule has 10 heteroatoms. The number of sulfone groups is 1. The number of ether oxygens (including phenoxy) is 1. The molecule has 0 spiro atoms. The predicted molar refractivity (Wildman–Crippen MR) is 145 cm³/mol. The molecule has 1 atom stereocenters. The van der Waals surface area contributed by atoms with E-state index in [1.54, 1.807) is 13.0 Å². The number of nitrogens with one attached hydrogen (secondary N) is 1. The van der Waals surface area contributed by atoms with Gasteiger partial charge in [0.15, 0.2) is 15.1 Å². The number of amides is 2. The molecule has 198 valence electrons. The lowest BCUT2D eigenvalue weighted by Gasteiger charge is -2.31. The van der Waals surface area contributed by atoms with Gasteiger partial charge >= 0.3 is 6.09 Å². The predicted octanol–water partition coefficient (Wildman–Crippen LogP) is 4.56. The number of carbonyl (C=O) groups excluding carboxylic acids is 2. The summed E-state index contributed by atoms with van der Waals surface area (Å²) in [5.41, 5.74) is 4.96. The molecule has 7 nitrogen and oxygen atoms in total. The maximum atomic E-state index is 14.5. The standard InChI is InChI=1S/C28H26BrFN2O5S/c1-17-24(29)11-10-18(26(17)30)14-31-27(33)25-15-32(12-13-38(25,35)36)28(34)37-16-23-21-8-4-2-6-19(21)20-7-3-5-9-22(20)23/h2-11,23,25H,12-16H2,1H3,(H,31,33). The Morgan fingerprint density at radius 1 is 1.05 bits per heavy atom. The van der Waals surface area contributed by atoms with E-state index in [2.05, 4.69) is 21.2 Å². The average Bonchev–Trinajstić information content (AvgIpc) is 3.23. The summed E-state index contributed by atoms with van der Waals surface area (Å²) >= 11 is 3.25. The first-order chi connectivity index (χ1) is 18.2. The Bertz CT molecular complexity index is 1480. The Kier molecular flexibility index (Phi) is 7.28. The number of fused-ring (bicyclic) bond motifs is 3. The minimum atomic E-state index is -3.79. The Hall–Kier alpha value is -3.24. The summed E-state index contributed by atoms with van der Waals surface area (Å²) in [5.74, 6) is -1.75. The first-order valence-corrected chi connectivity index (χ1v) is 14.7. The highest BCUT2D eigenvalue weighted by molar-refractivity contribution is 9.10. The van der Waals surface area contributed by atoms with E-state index in [-0.39, 0.29) is 43.5 Å². The van der Waals surface area contributed by atoms with Crippen molar-refractivity contribution < 1.29 is 27.1 Å². The smallest absolute Gasteiger partial charge is 0.409 e. The molecule has 3 aromatic rings. The van der Waals surface area contributed by atoms with Crippen molar-refractivity contribution in [1.29, 1.82) is 0 Å². The fourth-order valence-corrected chi connectivity index (χ4v) is 6.91. The van der Waals surface area contributed by atoms with Crippen molar-refractivity contribution >= 4 is 37.8 Å². The van der Waals surface area contributed by atoms with Gasteiger partial charge in [-0.2, -0.15) is 0 Å². The van der Waals surface area contributed by atoms with Crippen LogP contribution in [0.25, 0.3) is 11.1 Å². The van der Waals surface area contributed by atoms with Crippen LogP contribution in [-0.4, -0.2) is 56.0 Å². The number of halogens is 2. The van der Waals surface area contributed by atoms with Crippen molar-refractivity contribution in [1.82, 2.24) is 10.2 Å². The molecular weight excluding hydrogens is 575 g/mol. The molecule has 1 N–H and O–H groups in total. The van der Waals surface area contributed by atoms with Crippen LogP contribution in [0.2, 0.25) is 0 Å². The molecule has 1 fully saturated rings. The Morgan fingerprint density at radius 2 is 1.68 bits per heavy atom. The lowest BCUT2D eigenvalue weighted by Crippen LogP contribution is -2.55. The van der Waals surface area contributed by atoms with E-state index in [0.717, 1.165) is 22.3 Å². The van der Waals surface area contributed by atoms with Crippen LogP contribution >= 0.6 is 15.9 Å². The third-order valence-corrected chi connectivity index (χ3v) is 10.0. The molecule has 0 saturated carbocycles. The molecule has 3 aromatic carbocycles. The SMILES string of the molecule is Cc1c(Br)ccc(CNC(=O)C2CN(C(=O)OCC3c4ccccc4-c4ccccc43)CCS2(=O)=O)c1F. The molecule has 38 heavy (non-hydrogen) atoms. The van der Waals surface area contributed by atoms with Gasteiger partial charge in [-0.3, -0.25) is 4.79 Å². The third kappa shape index (κ3) is 4.94. The van der Waals surface area contributed by atoms with Crippen LogP contribution in [0.15, 0.2) is 65.1 Å². The second kappa shape index (κ2) is 10.5. The molecule has 1 unspecified atom stereocenters. The fourth-order valence-electron chi connectivity index (χ4n) is 5.03. The summed E-state index contributed by atoms with van der Waals surface area (Å²) in [6.45, 7) is 1.13. The van der Waals surface area contributed by atoms with Crippen LogP contribution in [0.4, 0.5) is 9.18 Å². The number of benzene rings is 3. The molecule has 1 saturated heterocycles. The van der Waals surface area contributed by atoms with Gasteiger partial charge in [0.05, 0.1) is 5.75 Å². The van der Waals surface area contributed by atoms with Gasteiger partial charge in [-0.1, -0.05) is 70.5 Å². The van der Waals surface area contributed by atoms with E-state index in [9.17, 15) is 22.4 Å². The van der Waals surface area contributed by atoms with Crippen molar-refractivity contribution in [2.24, 2.45) is 0 Å². The maximum Gasteiger partial charge on any atom is 0.409 e. The maximum absolute atomic E-state index is 14.5. The highest BCUT2D eigenvalue weighted by Crippen LogP contribution is 2.44. The van der Waals surface area contributed by atoms with E-state index < -0.39 is 32.9 Å². The third-order valence-electron chi connectivity index (χ3n) is 7.21. The summed E-state index contributed by atoms with van der Waals surface area (Å²) in [6, 6.07) is 19.1. The van der Waals surface area contributed by atoms with E-state index >= 15 is 0 Å². The van der Waals surface area contributed by atoms with Crippen LogP contribution in [0, 0.1) is 12.7 Å². The minimum Gasteiger partial charge on any atom is -0.448 e. The average molecular weight is 601 g/mol. The highest BCUT2D eigenvalue weighted by atomic mass is 79.9. The zero-order valence-electron chi connectivity index (χ0n) is 20.6. The highest BCUT2D eigenvalue weighted by Gasteiger charge is 2.40. The van der Waals surface area contributed by atoms with Crippen LogP contribution in [-0.2, 0) is 25.9 Å². The normalized spacial score (nSPS) is 18.0. The van der Waals surface area contributed by atoms with Crippen molar-refractivity contribution in [2.75, 3.05) is 25.4 Å². The molecule has 0 aromatic heterocycles. The first-order valence-electron chi connectivity index (χ1n) is 12.2. The van der Waals surface area contributed by atoms with E-state index in [4.69, 9.17) is 4.74 Å². The molecule has 5 rings (SSSR count). The molecule has 1 aliphatic heterocycles. The lowest BCUT2D eigenvalue weighted by molar-refractivity contribution is -0.121. The Labute approximate surface area is 229 Å². The number of hydrogen-bond acceptors (Lipinski definition) is 5. The summed E-state index contributed by atoms with van der Waals surface area (Å²) < 4.78 is 46.1. The van der Waals surface area contributed by atoms with Gasteiger partial charge in [0.1, 0.15) is 12.4 Å². The zero-order chi connectivity index (χ0) is 27.0. The summed E-state index contributed by atoms with van der Waals surface area (Å²) in [6.07, 6.45) is -0.672. The number of hydrogen-bond donors (Lipinski definition) is 1. The van der Waals surface area contributed by atoms with Gasteiger partial charge in [-0.05, 0) is 40.8 Å². The van der Waals surface area contributed by atoms with Crippen LogP contribution in [0.3, 0.4) is 0 Å². The van der Waals surface area contributed by atoms with Crippen LogP contribution in [0.1, 0.15) is 28.2 Å². The van der Waals surface area contributed by atoms with Crippen molar-refractivity contribution in [2.45, 2.75) is 24.6 Å². The molecule has 2 amide bonds. The molecule has 0 radical (unpaired) electrons. The fraction of sp³-hybridized carbons (Fsp3) is 0.286. The van der Waals surface area contributed by atoms with Crippen LogP contribution in [0.5, 0.6) is 0 Å². The second-order valence-electron chi connectivity index (χ2n) is 9.47. The van der Waals surface area contributed by atoms with Crippen molar-refractivity contribution in [3.05, 3.63) is 93.2 Å². The summed E-state index contributed by atoms with van der Waals surface area (Å²) in [5, 5.41) is 1.06. The topological polar surface area (TPSA) is 92.8 Å². The summed E-state index contributed by atoms with van der Waals surface area (Å²) in [7, 11) is -3.79. The van der Waals surface area contributed by atoms with Gasteiger partial charge in [-0.15, -0.1) is 0 Å². The van der Waals surface area contributed by atoms with Crippen LogP contribution < -0.4 is 5.32 Å². The molecular formula is C28H26BrFN2O5S. The number of nitrogens with zero attached hydrogens (tertiary/aromatic N) is 1. The van der Waals surface area contributed by atoms with Gasteiger partial charge in [0.2, 0.25) is 5.91 Å². The van der Waals surface area contributed by atoms with Crippen molar-refractivity contribution in [3.8, 4) is 11.1 Å². The van der Waals surface area contributed by atoms with E-state index in [0.29, 0.717) is 10.0 Å². The molecule has 1 heterocycles. The van der Waals surface area contributed by atoms with Gasteiger partial charge in [0.25, 0.3) is 0 Å². The molecule has 0 bridgehead atoms. The molecule has 1 aliphatic carbocycles. The quantitative estimate of drug-likeness (QED) is 0.463. The largest absolute Gasteiger partial charge is 0.448 e. The molecule has 2 aliphatic rings. The van der Waals surface area contributed by atoms with E-state index in [1.807, 2.05) is 48.5 Å². The van der Waals surface area contributed by atoms with E-state index in [1.165, 1.54) is 11.0 Å². The Morgan fingerprint density at radius 3 is 2.34 bits per heavy atom. The summed E-state index contributed by atoms with van der Waals surface area (Å²) in [4.78, 5) is 27.1. The van der Waals surface area contributed by atoms with Gasteiger partial charge in [-0.25, -0.2) is 17.6 Å². The number of carbonyl (C=O) groups is 2. The first kappa shape index (κ1) is 26.4.